The second-order valence-electron chi connectivity index (χ2n) is 5.35. The summed E-state index contributed by atoms with van der Waals surface area (Å²) in [7, 11) is 2.12. The number of nitrogens with one attached hydrogen (secondary N) is 1. The molecule has 2 heteroatoms. The van der Waals surface area contributed by atoms with Crippen LogP contribution in [0.15, 0.2) is 0 Å². The smallest absolute Gasteiger partial charge is 0.0255 e. The van der Waals surface area contributed by atoms with Crippen molar-refractivity contribution < 1.29 is 0 Å². The molecule has 0 bridgehead atoms. The highest BCUT2D eigenvalue weighted by Gasteiger charge is 2.41. The van der Waals surface area contributed by atoms with Gasteiger partial charge in [-0.2, -0.15) is 0 Å². The average molecular weight is 196 g/mol. The summed E-state index contributed by atoms with van der Waals surface area (Å²) in [4.78, 5) is 2.77. The van der Waals surface area contributed by atoms with E-state index in [1.807, 2.05) is 0 Å². The predicted octanol–water partition coefficient (Wildman–Crippen LogP) is 1.86. The van der Waals surface area contributed by atoms with E-state index in [1.165, 1.54) is 32.2 Å². The SMILES string of the molecule is CNC1CCN(C2CC2)C1CC(C)C. The largest absolute Gasteiger partial charge is 0.315 e. The van der Waals surface area contributed by atoms with Crippen LogP contribution in [-0.4, -0.2) is 36.6 Å². The Hall–Kier alpha value is -0.0800. The topological polar surface area (TPSA) is 15.3 Å². The van der Waals surface area contributed by atoms with Crippen molar-refractivity contribution in [3.8, 4) is 0 Å². The highest BCUT2D eigenvalue weighted by atomic mass is 15.3. The molecule has 2 nitrogen and oxygen atoms in total. The molecule has 1 N–H and O–H groups in total. The van der Waals surface area contributed by atoms with Gasteiger partial charge >= 0.3 is 0 Å². The van der Waals surface area contributed by atoms with Gasteiger partial charge in [0.2, 0.25) is 0 Å². The third-order valence-electron chi connectivity index (χ3n) is 3.69. The predicted molar refractivity (Wildman–Crippen MR) is 60.4 cm³/mol. The van der Waals surface area contributed by atoms with Gasteiger partial charge in [0.05, 0.1) is 0 Å². The molecular formula is C12H24N2. The first-order chi connectivity index (χ1) is 6.72. The van der Waals surface area contributed by atoms with Gasteiger partial charge in [-0.3, -0.25) is 4.90 Å². The number of likely N-dealkylation sites (N-methyl/N-ethyl adjacent to an activating group) is 1. The number of hydrogen-bond donors (Lipinski definition) is 1. The Labute approximate surface area is 88.1 Å². The molecule has 0 spiro atoms. The monoisotopic (exact) mass is 196 g/mol. The fourth-order valence-electron chi connectivity index (χ4n) is 2.86. The Morgan fingerprint density at radius 1 is 1.29 bits per heavy atom. The van der Waals surface area contributed by atoms with Crippen LogP contribution in [-0.2, 0) is 0 Å². The summed E-state index contributed by atoms with van der Waals surface area (Å²) in [6, 6.07) is 2.50. The molecule has 1 saturated heterocycles. The van der Waals surface area contributed by atoms with Crippen molar-refractivity contribution in [1.82, 2.24) is 10.2 Å². The molecule has 1 saturated carbocycles. The maximum absolute atomic E-state index is 3.49. The van der Waals surface area contributed by atoms with Crippen molar-refractivity contribution in [2.45, 2.75) is 57.7 Å². The Morgan fingerprint density at radius 2 is 2.00 bits per heavy atom. The van der Waals surface area contributed by atoms with E-state index in [1.54, 1.807) is 0 Å². The molecule has 0 aromatic carbocycles. The maximum atomic E-state index is 3.49. The van der Waals surface area contributed by atoms with Crippen molar-refractivity contribution in [3.05, 3.63) is 0 Å². The van der Waals surface area contributed by atoms with Gasteiger partial charge in [-0.05, 0) is 38.6 Å². The van der Waals surface area contributed by atoms with Gasteiger partial charge in [-0.15, -0.1) is 0 Å². The third-order valence-corrected chi connectivity index (χ3v) is 3.69. The lowest BCUT2D eigenvalue weighted by Crippen LogP contribution is -2.42. The normalized spacial score (nSPS) is 34.3. The maximum Gasteiger partial charge on any atom is 0.0255 e. The number of rotatable bonds is 4. The van der Waals surface area contributed by atoms with Crippen molar-refractivity contribution in [1.29, 1.82) is 0 Å². The minimum Gasteiger partial charge on any atom is -0.315 e. The fraction of sp³-hybridized carbons (Fsp3) is 1.00. The van der Waals surface area contributed by atoms with Gasteiger partial charge in [0, 0.05) is 24.7 Å². The first-order valence-corrected chi connectivity index (χ1v) is 6.15. The van der Waals surface area contributed by atoms with Gasteiger partial charge in [-0.25, -0.2) is 0 Å². The van der Waals surface area contributed by atoms with Crippen molar-refractivity contribution in [3.63, 3.8) is 0 Å². The molecule has 2 unspecified atom stereocenters. The first-order valence-electron chi connectivity index (χ1n) is 6.15. The molecule has 1 aliphatic heterocycles. The summed E-state index contributed by atoms with van der Waals surface area (Å²) in [5.74, 6) is 0.829. The summed E-state index contributed by atoms with van der Waals surface area (Å²) in [6.45, 7) is 6.01. The average Bonchev–Trinajstić information content (AvgIpc) is 2.89. The molecule has 0 amide bonds. The van der Waals surface area contributed by atoms with Gasteiger partial charge in [0.15, 0.2) is 0 Å². The minimum atomic E-state index is 0.748. The fourth-order valence-corrected chi connectivity index (χ4v) is 2.86. The van der Waals surface area contributed by atoms with Gasteiger partial charge < -0.3 is 5.32 Å². The lowest BCUT2D eigenvalue weighted by molar-refractivity contribution is 0.200. The second-order valence-corrected chi connectivity index (χ2v) is 5.35. The molecule has 1 heterocycles. The number of hydrogen-bond acceptors (Lipinski definition) is 2. The Morgan fingerprint density at radius 3 is 2.50 bits per heavy atom. The highest BCUT2D eigenvalue weighted by molar-refractivity contribution is 4.98. The van der Waals surface area contributed by atoms with Crippen LogP contribution in [0.2, 0.25) is 0 Å². The van der Waals surface area contributed by atoms with Crippen LogP contribution < -0.4 is 5.32 Å². The number of nitrogens with zero attached hydrogens (tertiary/aromatic N) is 1. The number of likely N-dealkylation sites (tertiary alicyclic amines) is 1. The zero-order chi connectivity index (χ0) is 10.1. The second kappa shape index (κ2) is 4.19. The summed E-state index contributed by atoms with van der Waals surface area (Å²) < 4.78 is 0. The molecular weight excluding hydrogens is 172 g/mol. The van der Waals surface area contributed by atoms with E-state index in [0.717, 1.165) is 24.0 Å². The van der Waals surface area contributed by atoms with Gasteiger partial charge in [0.25, 0.3) is 0 Å². The van der Waals surface area contributed by atoms with E-state index in [9.17, 15) is 0 Å². The molecule has 2 atom stereocenters. The summed E-state index contributed by atoms with van der Waals surface area (Å²) in [5, 5.41) is 3.49. The van der Waals surface area contributed by atoms with E-state index in [-0.39, 0.29) is 0 Å². The molecule has 1 aliphatic carbocycles. The zero-order valence-electron chi connectivity index (χ0n) is 9.79. The van der Waals surface area contributed by atoms with Crippen LogP contribution in [0.5, 0.6) is 0 Å². The molecule has 82 valence electrons. The van der Waals surface area contributed by atoms with E-state index in [0.29, 0.717) is 0 Å². The zero-order valence-corrected chi connectivity index (χ0v) is 9.79. The van der Waals surface area contributed by atoms with Crippen molar-refractivity contribution >= 4 is 0 Å². The van der Waals surface area contributed by atoms with E-state index < -0.39 is 0 Å². The minimum absolute atomic E-state index is 0.748. The molecule has 2 fully saturated rings. The van der Waals surface area contributed by atoms with Crippen molar-refractivity contribution in [2.24, 2.45) is 5.92 Å². The summed E-state index contributed by atoms with van der Waals surface area (Å²) in [6.07, 6.45) is 5.61. The molecule has 2 rings (SSSR count). The molecule has 0 aromatic rings. The van der Waals surface area contributed by atoms with E-state index >= 15 is 0 Å². The Kier molecular flexibility index (Phi) is 3.13. The van der Waals surface area contributed by atoms with Crippen LogP contribution in [0.3, 0.4) is 0 Å². The standard InChI is InChI=1S/C12H24N2/c1-9(2)8-12-11(13-3)6-7-14(12)10-4-5-10/h9-13H,4-8H2,1-3H3. The molecule has 14 heavy (non-hydrogen) atoms. The van der Waals surface area contributed by atoms with Crippen LogP contribution in [0, 0.1) is 5.92 Å². The Bertz CT molecular complexity index is 187. The summed E-state index contributed by atoms with van der Waals surface area (Å²) in [5.41, 5.74) is 0. The van der Waals surface area contributed by atoms with E-state index in [2.05, 4.69) is 31.1 Å². The lowest BCUT2D eigenvalue weighted by atomic mass is 9.98. The summed E-state index contributed by atoms with van der Waals surface area (Å²) >= 11 is 0. The lowest BCUT2D eigenvalue weighted by Gasteiger charge is -2.29. The van der Waals surface area contributed by atoms with Crippen LogP contribution in [0.1, 0.15) is 39.5 Å². The first kappa shape index (κ1) is 10.4. The molecule has 0 aromatic heterocycles. The quantitative estimate of drug-likeness (QED) is 0.738. The van der Waals surface area contributed by atoms with Gasteiger partial charge in [-0.1, -0.05) is 13.8 Å². The molecule has 0 radical (unpaired) electrons. The van der Waals surface area contributed by atoms with Crippen LogP contribution in [0.4, 0.5) is 0 Å². The van der Waals surface area contributed by atoms with Crippen LogP contribution in [0.25, 0.3) is 0 Å². The molecule has 2 aliphatic rings. The van der Waals surface area contributed by atoms with Crippen LogP contribution >= 0.6 is 0 Å². The Balaban J connectivity index is 1.96. The highest BCUT2D eigenvalue weighted by Crippen LogP contribution is 2.35. The van der Waals surface area contributed by atoms with E-state index in [4.69, 9.17) is 0 Å². The van der Waals surface area contributed by atoms with Gasteiger partial charge in [0.1, 0.15) is 0 Å². The third kappa shape index (κ3) is 2.12. The van der Waals surface area contributed by atoms with Crippen molar-refractivity contribution in [2.75, 3.05) is 13.6 Å².